The van der Waals surface area contributed by atoms with E-state index in [9.17, 15) is 9.59 Å². The summed E-state index contributed by atoms with van der Waals surface area (Å²) in [5, 5.41) is 2.48. The summed E-state index contributed by atoms with van der Waals surface area (Å²) in [6.07, 6.45) is 4.76. The second-order valence-corrected chi connectivity index (χ2v) is 4.51. The van der Waals surface area contributed by atoms with E-state index < -0.39 is 23.6 Å². The van der Waals surface area contributed by atoms with Crippen molar-refractivity contribution < 1.29 is 19.1 Å². The lowest BCUT2D eigenvalue weighted by Gasteiger charge is -2.20. The fourth-order valence-corrected chi connectivity index (χ4v) is 1.07. The Hall–Kier alpha value is -1.70. The molecule has 0 aliphatic heterocycles. The number of hydrogen-bond acceptors (Lipinski definition) is 4. The molecule has 0 saturated carbocycles. The van der Waals surface area contributed by atoms with Gasteiger partial charge >= 0.3 is 12.1 Å². The molecular formula is C12H19NO4. The predicted molar refractivity (Wildman–Crippen MR) is 63.2 cm³/mol. The number of ether oxygens (including phenoxy) is 2. The van der Waals surface area contributed by atoms with Crippen LogP contribution in [0.25, 0.3) is 0 Å². The van der Waals surface area contributed by atoms with E-state index in [2.05, 4.69) is 16.0 Å². The normalized spacial score (nSPS) is 12.2. The maximum absolute atomic E-state index is 11.3. The maximum atomic E-state index is 11.3. The third kappa shape index (κ3) is 7.23. The monoisotopic (exact) mass is 241 g/mol. The summed E-state index contributed by atoms with van der Waals surface area (Å²) in [6.45, 7) is 5.37. The van der Waals surface area contributed by atoms with Gasteiger partial charge in [-0.25, -0.2) is 4.79 Å². The number of terminal acetylenes is 1. The molecule has 1 amide bonds. The molecule has 1 N–H and O–H groups in total. The van der Waals surface area contributed by atoms with Crippen molar-refractivity contribution >= 4 is 12.1 Å². The van der Waals surface area contributed by atoms with E-state index >= 15 is 0 Å². The summed E-state index contributed by atoms with van der Waals surface area (Å²) in [6, 6.07) is 0. The van der Waals surface area contributed by atoms with E-state index in [1.54, 1.807) is 20.8 Å². The second-order valence-electron chi connectivity index (χ2n) is 4.51. The van der Waals surface area contributed by atoms with Crippen LogP contribution in [0.4, 0.5) is 4.79 Å². The van der Waals surface area contributed by atoms with Crippen molar-refractivity contribution in [2.24, 2.45) is 5.92 Å². The van der Waals surface area contributed by atoms with Gasteiger partial charge in [0.1, 0.15) is 5.60 Å². The lowest BCUT2D eigenvalue weighted by atomic mass is 10.1. The molecule has 0 rings (SSSR count). The number of esters is 1. The number of hydrogen-bond donors (Lipinski definition) is 1. The lowest BCUT2D eigenvalue weighted by Crippen LogP contribution is -2.37. The summed E-state index contributed by atoms with van der Waals surface area (Å²) >= 11 is 0. The highest BCUT2D eigenvalue weighted by Crippen LogP contribution is 2.07. The van der Waals surface area contributed by atoms with Gasteiger partial charge in [0.15, 0.2) is 0 Å². The van der Waals surface area contributed by atoms with Crippen molar-refractivity contribution in [2.75, 3.05) is 13.7 Å². The zero-order valence-electron chi connectivity index (χ0n) is 10.7. The van der Waals surface area contributed by atoms with Crippen molar-refractivity contribution in [3.63, 3.8) is 0 Å². The average molecular weight is 241 g/mol. The van der Waals surface area contributed by atoms with Gasteiger partial charge in [0, 0.05) is 13.0 Å². The first kappa shape index (κ1) is 15.3. The van der Waals surface area contributed by atoms with E-state index in [1.165, 1.54) is 7.11 Å². The Morgan fingerprint density at radius 2 is 2.00 bits per heavy atom. The van der Waals surface area contributed by atoms with Crippen LogP contribution in [0.3, 0.4) is 0 Å². The van der Waals surface area contributed by atoms with Crippen LogP contribution in [0.2, 0.25) is 0 Å². The molecule has 0 aromatic heterocycles. The molecule has 5 heteroatoms. The number of rotatable bonds is 4. The topological polar surface area (TPSA) is 64.6 Å². The van der Waals surface area contributed by atoms with Crippen molar-refractivity contribution in [2.45, 2.75) is 32.8 Å². The van der Waals surface area contributed by atoms with Crippen LogP contribution in [0.15, 0.2) is 0 Å². The van der Waals surface area contributed by atoms with Gasteiger partial charge in [0.05, 0.1) is 13.0 Å². The van der Waals surface area contributed by atoms with E-state index in [1.807, 2.05) is 0 Å². The molecule has 0 radical (unpaired) electrons. The number of methoxy groups -OCH3 is 1. The first-order valence-electron chi connectivity index (χ1n) is 5.28. The Morgan fingerprint density at radius 3 is 2.41 bits per heavy atom. The van der Waals surface area contributed by atoms with Crippen LogP contribution >= 0.6 is 0 Å². The highest BCUT2D eigenvalue weighted by atomic mass is 16.6. The quantitative estimate of drug-likeness (QED) is 0.595. The highest BCUT2D eigenvalue weighted by Gasteiger charge is 2.21. The molecule has 0 aromatic rings. The number of amides is 1. The lowest BCUT2D eigenvalue weighted by molar-refractivity contribution is -0.145. The molecule has 1 atom stereocenters. The van der Waals surface area contributed by atoms with Gasteiger partial charge in [0.25, 0.3) is 0 Å². The minimum atomic E-state index is -0.580. The van der Waals surface area contributed by atoms with E-state index in [4.69, 9.17) is 11.2 Å². The molecule has 0 saturated heterocycles. The molecule has 0 aliphatic rings. The van der Waals surface area contributed by atoms with Crippen LogP contribution in [-0.4, -0.2) is 31.3 Å². The van der Waals surface area contributed by atoms with Gasteiger partial charge in [-0.05, 0) is 20.8 Å². The Labute approximate surface area is 102 Å². The summed E-state index contributed by atoms with van der Waals surface area (Å²) in [5.74, 6) is 1.37. The number of alkyl carbamates (subject to hydrolysis) is 1. The van der Waals surface area contributed by atoms with Crippen LogP contribution in [0.1, 0.15) is 27.2 Å². The molecule has 0 aliphatic carbocycles. The minimum Gasteiger partial charge on any atom is -0.469 e. The van der Waals surface area contributed by atoms with Crippen molar-refractivity contribution in [3.8, 4) is 12.3 Å². The van der Waals surface area contributed by atoms with Crippen molar-refractivity contribution in [1.29, 1.82) is 0 Å². The zero-order valence-corrected chi connectivity index (χ0v) is 10.7. The van der Waals surface area contributed by atoms with Crippen molar-refractivity contribution in [1.82, 2.24) is 5.32 Å². The fraction of sp³-hybridized carbons (Fsp3) is 0.667. The molecule has 0 bridgehead atoms. The van der Waals surface area contributed by atoms with Gasteiger partial charge < -0.3 is 14.8 Å². The molecule has 0 spiro atoms. The number of carbonyl (C=O) groups excluding carboxylic acids is 2. The fourth-order valence-electron chi connectivity index (χ4n) is 1.07. The molecule has 0 fully saturated rings. The molecule has 96 valence electrons. The number of carbonyl (C=O) groups is 2. The minimum absolute atomic E-state index is 0.103. The first-order valence-corrected chi connectivity index (χ1v) is 5.28. The summed E-state index contributed by atoms with van der Waals surface area (Å²) in [4.78, 5) is 22.6. The van der Waals surface area contributed by atoms with Gasteiger partial charge in [-0.3, -0.25) is 4.79 Å². The SMILES string of the molecule is C#CCC(CNC(=O)OC(C)(C)C)C(=O)OC. The molecule has 17 heavy (non-hydrogen) atoms. The standard InChI is InChI=1S/C12H19NO4/c1-6-7-9(10(14)16-5)8-13-11(15)17-12(2,3)4/h1,9H,7-8H2,2-5H3,(H,13,15). The summed E-state index contributed by atoms with van der Waals surface area (Å²) in [7, 11) is 1.28. The first-order chi connectivity index (χ1) is 7.80. The second kappa shape index (κ2) is 6.79. The summed E-state index contributed by atoms with van der Waals surface area (Å²) < 4.78 is 9.60. The molecule has 1 unspecified atom stereocenters. The number of nitrogens with one attached hydrogen (secondary N) is 1. The van der Waals surface area contributed by atoms with Gasteiger partial charge in [-0.15, -0.1) is 12.3 Å². The van der Waals surface area contributed by atoms with Crippen LogP contribution in [0, 0.1) is 18.3 Å². The smallest absolute Gasteiger partial charge is 0.407 e. The molecule has 0 aromatic carbocycles. The molecular weight excluding hydrogens is 222 g/mol. The zero-order chi connectivity index (χ0) is 13.5. The third-order valence-corrected chi connectivity index (χ3v) is 1.79. The van der Waals surface area contributed by atoms with E-state index in [0.717, 1.165) is 0 Å². The van der Waals surface area contributed by atoms with Crippen LogP contribution in [-0.2, 0) is 14.3 Å². The van der Waals surface area contributed by atoms with Gasteiger partial charge in [-0.2, -0.15) is 0 Å². The average Bonchev–Trinajstić information content (AvgIpc) is 2.20. The van der Waals surface area contributed by atoms with Gasteiger partial charge in [-0.1, -0.05) is 0 Å². The molecule has 0 heterocycles. The Balaban J connectivity index is 4.18. The summed E-state index contributed by atoms with van der Waals surface area (Å²) in [5.41, 5.74) is -0.572. The van der Waals surface area contributed by atoms with E-state index in [-0.39, 0.29) is 13.0 Å². The van der Waals surface area contributed by atoms with Crippen LogP contribution < -0.4 is 5.32 Å². The largest absolute Gasteiger partial charge is 0.469 e. The van der Waals surface area contributed by atoms with Gasteiger partial charge in [0.2, 0.25) is 0 Å². The predicted octanol–water partition coefficient (Wildman–Crippen LogP) is 1.32. The Kier molecular flexibility index (Phi) is 6.11. The Morgan fingerprint density at radius 1 is 1.41 bits per heavy atom. The highest BCUT2D eigenvalue weighted by molar-refractivity contribution is 5.74. The van der Waals surface area contributed by atoms with Crippen molar-refractivity contribution in [3.05, 3.63) is 0 Å². The van der Waals surface area contributed by atoms with Crippen LogP contribution in [0.5, 0.6) is 0 Å². The Bertz CT molecular complexity index is 311. The molecule has 5 nitrogen and oxygen atoms in total. The third-order valence-electron chi connectivity index (χ3n) is 1.79. The van der Waals surface area contributed by atoms with E-state index in [0.29, 0.717) is 0 Å². The maximum Gasteiger partial charge on any atom is 0.407 e.